The molecular formula is C30H40N2O5. The van der Waals surface area contributed by atoms with Crippen LogP contribution in [-0.2, 0) is 9.59 Å². The molecule has 7 heteroatoms. The minimum Gasteiger partial charge on any atom is -0.507 e. The lowest BCUT2D eigenvalue weighted by Gasteiger charge is -2.28. The number of amides is 1. The van der Waals surface area contributed by atoms with E-state index in [1.165, 1.54) is 0 Å². The fourth-order valence-corrected chi connectivity index (χ4v) is 4.45. The summed E-state index contributed by atoms with van der Waals surface area (Å²) in [7, 11) is 0. The van der Waals surface area contributed by atoms with E-state index in [1.807, 2.05) is 38.1 Å². The Bertz CT molecular complexity index is 1070. The SMILES string of the molecule is CCCCOc1ccc(C2/C(=C(\O)c3ccc(OC(C)C)cc3)C(=O)C(=O)N2CCN(CC)CC)cc1. The van der Waals surface area contributed by atoms with Gasteiger partial charge in [-0.2, -0.15) is 0 Å². The van der Waals surface area contributed by atoms with Gasteiger partial charge in [0.05, 0.1) is 24.3 Å². The van der Waals surface area contributed by atoms with Gasteiger partial charge in [0, 0.05) is 18.7 Å². The molecule has 1 aliphatic heterocycles. The molecule has 0 bridgehead atoms. The zero-order chi connectivity index (χ0) is 26.9. The number of unbranched alkanes of at least 4 members (excludes halogenated alkanes) is 1. The average Bonchev–Trinajstić information content (AvgIpc) is 3.14. The number of aliphatic hydroxyl groups excluding tert-OH is 1. The maximum atomic E-state index is 13.3. The second-order valence-electron chi connectivity index (χ2n) is 9.48. The highest BCUT2D eigenvalue weighted by molar-refractivity contribution is 6.46. The van der Waals surface area contributed by atoms with Crippen LogP contribution < -0.4 is 9.47 Å². The van der Waals surface area contributed by atoms with Gasteiger partial charge in [0.1, 0.15) is 17.3 Å². The first kappa shape index (κ1) is 28.3. The Labute approximate surface area is 220 Å². The van der Waals surface area contributed by atoms with Gasteiger partial charge in [-0.25, -0.2) is 0 Å². The Kier molecular flexibility index (Phi) is 10.1. The summed E-state index contributed by atoms with van der Waals surface area (Å²) < 4.78 is 11.5. The van der Waals surface area contributed by atoms with Crippen molar-refractivity contribution in [3.05, 3.63) is 65.2 Å². The number of rotatable bonds is 13. The van der Waals surface area contributed by atoms with E-state index in [-0.39, 0.29) is 17.4 Å². The normalized spacial score (nSPS) is 17.2. The topological polar surface area (TPSA) is 79.3 Å². The third-order valence-electron chi connectivity index (χ3n) is 6.55. The molecule has 1 aliphatic rings. The maximum Gasteiger partial charge on any atom is 0.295 e. The van der Waals surface area contributed by atoms with Crippen molar-refractivity contribution in [3.8, 4) is 11.5 Å². The highest BCUT2D eigenvalue weighted by Gasteiger charge is 2.46. The van der Waals surface area contributed by atoms with E-state index in [2.05, 4.69) is 25.7 Å². The molecule has 1 saturated heterocycles. The van der Waals surface area contributed by atoms with Gasteiger partial charge in [-0.15, -0.1) is 0 Å². The maximum absolute atomic E-state index is 13.3. The molecule has 200 valence electrons. The number of hydrogen-bond donors (Lipinski definition) is 1. The van der Waals surface area contributed by atoms with E-state index in [9.17, 15) is 14.7 Å². The van der Waals surface area contributed by atoms with Crippen LogP contribution in [0.25, 0.3) is 5.76 Å². The van der Waals surface area contributed by atoms with Crippen molar-refractivity contribution in [2.75, 3.05) is 32.8 Å². The third kappa shape index (κ3) is 6.92. The Morgan fingerprint density at radius 1 is 0.973 bits per heavy atom. The monoisotopic (exact) mass is 508 g/mol. The van der Waals surface area contributed by atoms with Crippen LogP contribution in [0.5, 0.6) is 11.5 Å². The van der Waals surface area contributed by atoms with E-state index >= 15 is 0 Å². The molecule has 1 atom stereocenters. The number of ketones is 1. The van der Waals surface area contributed by atoms with Crippen LogP contribution in [0, 0.1) is 0 Å². The molecular weight excluding hydrogens is 468 g/mol. The summed E-state index contributed by atoms with van der Waals surface area (Å²) in [5, 5.41) is 11.3. The molecule has 1 heterocycles. The number of nitrogens with zero attached hydrogens (tertiary/aromatic N) is 2. The zero-order valence-corrected chi connectivity index (χ0v) is 22.7. The van der Waals surface area contributed by atoms with Gasteiger partial charge < -0.3 is 24.4 Å². The molecule has 1 amide bonds. The van der Waals surface area contributed by atoms with E-state index in [0.717, 1.165) is 37.2 Å². The fraction of sp³-hybridized carbons (Fsp3) is 0.467. The minimum atomic E-state index is -0.688. The number of likely N-dealkylation sites (N-methyl/N-ethyl adjacent to an activating group) is 1. The molecule has 1 unspecified atom stereocenters. The van der Waals surface area contributed by atoms with E-state index in [0.29, 0.717) is 31.0 Å². The van der Waals surface area contributed by atoms with Crippen molar-refractivity contribution >= 4 is 17.4 Å². The standard InChI is InChI=1S/C30H40N2O5/c1-6-9-20-36-24-14-10-22(11-15-24)27-26(28(33)23-12-16-25(17-13-23)37-21(4)5)29(34)30(35)32(27)19-18-31(7-2)8-3/h10-17,21,27,33H,6-9,18-20H2,1-5H3/b28-26+. The first-order valence-corrected chi connectivity index (χ1v) is 13.3. The summed E-state index contributed by atoms with van der Waals surface area (Å²) in [6, 6.07) is 13.7. The predicted octanol–water partition coefficient (Wildman–Crippen LogP) is 5.42. The molecule has 1 N–H and O–H groups in total. The average molecular weight is 509 g/mol. The zero-order valence-electron chi connectivity index (χ0n) is 22.7. The second kappa shape index (κ2) is 13.3. The van der Waals surface area contributed by atoms with Crippen LogP contribution >= 0.6 is 0 Å². The van der Waals surface area contributed by atoms with Gasteiger partial charge in [-0.3, -0.25) is 9.59 Å². The van der Waals surface area contributed by atoms with Crippen molar-refractivity contribution < 1.29 is 24.2 Å². The predicted molar refractivity (Wildman–Crippen MR) is 146 cm³/mol. The van der Waals surface area contributed by atoms with Crippen LogP contribution in [0.3, 0.4) is 0 Å². The first-order valence-electron chi connectivity index (χ1n) is 13.3. The van der Waals surface area contributed by atoms with Crippen LogP contribution in [0.15, 0.2) is 54.1 Å². The van der Waals surface area contributed by atoms with Crippen molar-refractivity contribution in [3.63, 3.8) is 0 Å². The Morgan fingerprint density at radius 3 is 2.16 bits per heavy atom. The van der Waals surface area contributed by atoms with Gasteiger partial charge in [0.2, 0.25) is 0 Å². The molecule has 2 aromatic rings. The third-order valence-corrected chi connectivity index (χ3v) is 6.55. The van der Waals surface area contributed by atoms with E-state index < -0.39 is 17.7 Å². The number of ether oxygens (including phenoxy) is 2. The number of Topliss-reactive ketones (excluding diaryl/α,β-unsaturated/α-hetero) is 1. The molecule has 0 spiro atoms. The van der Waals surface area contributed by atoms with Crippen LogP contribution in [0.2, 0.25) is 0 Å². The Morgan fingerprint density at radius 2 is 1.59 bits per heavy atom. The van der Waals surface area contributed by atoms with Crippen molar-refractivity contribution in [1.29, 1.82) is 0 Å². The van der Waals surface area contributed by atoms with Crippen molar-refractivity contribution in [1.82, 2.24) is 9.80 Å². The van der Waals surface area contributed by atoms with E-state index in [4.69, 9.17) is 9.47 Å². The molecule has 0 radical (unpaired) electrons. The Balaban J connectivity index is 2.00. The molecule has 0 aliphatic carbocycles. The van der Waals surface area contributed by atoms with Gasteiger partial charge >= 0.3 is 0 Å². The van der Waals surface area contributed by atoms with E-state index in [1.54, 1.807) is 29.2 Å². The number of likely N-dealkylation sites (tertiary alicyclic amines) is 1. The Hall–Kier alpha value is -3.32. The summed E-state index contributed by atoms with van der Waals surface area (Å²) in [4.78, 5) is 30.3. The van der Waals surface area contributed by atoms with Crippen molar-refractivity contribution in [2.24, 2.45) is 0 Å². The lowest BCUT2D eigenvalue weighted by Crippen LogP contribution is -2.38. The van der Waals surface area contributed by atoms with Gasteiger partial charge in [-0.05, 0) is 75.3 Å². The summed E-state index contributed by atoms with van der Waals surface area (Å²) >= 11 is 0. The fourth-order valence-electron chi connectivity index (χ4n) is 4.45. The molecule has 2 aromatic carbocycles. The summed E-state index contributed by atoms with van der Waals surface area (Å²) in [5.41, 5.74) is 1.31. The van der Waals surface area contributed by atoms with Crippen LogP contribution in [0.4, 0.5) is 0 Å². The number of carbonyl (C=O) groups excluding carboxylic acids is 2. The van der Waals surface area contributed by atoms with Crippen LogP contribution in [0.1, 0.15) is 64.6 Å². The largest absolute Gasteiger partial charge is 0.507 e. The highest BCUT2D eigenvalue weighted by atomic mass is 16.5. The molecule has 0 saturated carbocycles. The summed E-state index contributed by atoms with van der Waals surface area (Å²) in [6.45, 7) is 13.5. The van der Waals surface area contributed by atoms with Crippen LogP contribution in [-0.4, -0.2) is 65.5 Å². The molecule has 7 nitrogen and oxygen atoms in total. The second-order valence-corrected chi connectivity index (χ2v) is 9.48. The van der Waals surface area contributed by atoms with Gasteiger partial charge in [0.25, 0.3) is 11.7 Å². The minimum absolute atomic E-state index is 0.0181. The van der Waals surface area contributed by atoms with Gasteiger partial charge in [-0.1, -0.05) is 39.3 Å². The number of carbonyl (C=O) groups is 2. The summed E-state index contributed by atoms with van der Waals surface area (Å²) in [5.74, 6) is -0.0536. The smallest absolute Gasteiger partial charge is 0.295 e. The number of aliphatic hydroxyl groups is 1. The highest BCUT2D eigenvalue weighted by Crippen LogP contribution is 2.40. The van der Waals surface area contributed by atoms with Gasteiger partial charge in [0.15, 0.2) is 0 Å². The lowest BCUT2D eigenvalue weighted by atomic mass is 9.95. The molecule has 37 heavy (non-hydrogen) atoms. The molecule has 0 aromatic heterocycles. The quantitative estimate of drug-likeness (QED) is 0.169. The van der Waals surface area contributed by atoms with Crippen molar-refractivity contribution in [2.45, 2.75) is 59.6 Å². The number of benzene rings is 2. The lowest BCUT2D eigenvalue weighted by molar-refractivity contribution is -0.140. The first-order chi connectivity index (χ1) is 17.8. The number of hydrogen-bond acceptors (Lipinski definition) is 6. The molecule has 3 rings (SSSR count). The molecule has 1 fully saturated rings. The summed E-state index contributed by atoms with van der Waals surface area (Å²) in [6.07, 6.45) is 2.03.